The van der Waals surface area contributed by atoms with Crippen molar-refractivity contribution in [2.45, 2.75) is 33.0 Å². The predicted molar refractivity (Wildman–Crippen MR) is 85.8 cm³/mol. The van der Waals surface area contributed by atoms with Crippen molar-refractivity contribution in [1.82, 2.24) is 15.0 Å². The number of ether oxygens (including phenoxy) is 2. The molecule has 0 unspecified atom stereocenters. The van der Waals surface area contributed by atoms with E-state index < -0.39 is 6.10 Å². The molecule has 2 aromatic rings. The van der Waals surface area contributed by atoms with Crippen LogP contribution < -0.4 is 4.74 Å². The van der Waals surface area contributed by atoms with Crippen molar-refractivity contribution >= 4 is 5.91 Å². The molecule has 0 saturated carbocycles. The molecular formula is C17H21N3O4. The van der Waals surface area contributed by atoms with E-state index in [4.69, 9.17) is 14.0 Å². The van der Waals surface area contributed by atoms with Crippen LogP contribution in [-0.2, 0) is 4.74 Å². The number of aryl methyl sites for hydroxylation is 1. The summed E-state index contributed by atoms with van der Waals surface area (Å²) in [6.07, 6.45) is -0.524. The Balaban J connectivity index is 1.77. The highest BCUT2D eigenvalue weighted by molar-refractivity contribution is 5.94. The molecular weight excluding hydrogens is 310 g/mol. The van der Waals surface area contributed by atoms with E-state index in [-0.39, 0.29) is 12.0 Å². The molecule has 0 N–H and O–H groups in total. The number of rotatable bonds is 4. The lowest BCUT2D eigenvalue weighted by Gasteiger charge is -2.35. The third-order valence-electron chi connectivity index (χ3n) is 3.76. The first kappa shape index (κ1) is 16.4. The highest BCUT2D eigenvalue weighted by Gasteiger charge is 2.33. The monoisotopic (exact) mass is 331 g/mol. The number of carbonyl (C=O) groups is 1. The highest BCUT2D eigenvalue weighted by Crippen LogP contribution is 2.25. The van der Waals surface area contributed by atoms with Gasteiger partial charge in [-0.3, -0.25) is 4.79 Å². The van der Waals surface area contributed by atoms with Gasteiger partial charge in [0.25, 0.3) is 11.8 Å². The first-order chi connectivity index (χ1) is 11.6. The van der Waals surface area contributed by atoms with Crippen LogP contribution in [-0.4, -0.2) is 46.7 Å². The SMILES string of the molecule is CCOc1cccc(C(=O)N2C[C@@H](c3nc(C)no3)O[C@@H](C)C2)c1. The molecule has 0 spiro atoms. The highest BCUT2D eigenvalue weighted by atomic mass is 16.5. The maximum absolute atomic E-state index is 12.8. The van der Waals surface area contributed by atoms with Crippen LogP contribution >= 0.6 is 0 Å². The van der Waals surface area contributed by atoms with E-state index in [0.717, 1.165) is 0 Å². The first-order valence-electron chi connectivity index (χ1n) is 8.04. The van der Waals surface area contributed by atoms with E-state index >= 15 is 0 Å². The fraction of sp³-hybridized carbons (Fsp3) is 0.471. The van der Waals surface area contributed by atoms with Gasteiger partial charge >= 0.3 is 0 Å². The van der Waals surface area contributed by atoms with Crippen molar-refractivity contribution in [2.24, 2.45) is 0 Å². The molecule has 1 amide bonds. The van der Waals surface area contributed by atoms with Crippen LogP contribution in [0.5, 0.6) is 5.75 Å². The second kappa shape index (κ2) is 7.00. The largest absolute Gasteiger partial charge is 0.494 e. The third kappa shape index (κ3) is 3.56. The molecule has 0 aliphatic carbocycles. The number of carbonyl (C=O) groups excluding carboxylic acids is 1. The van der Waals surface area contributed by atoms with Gasteiger partial charge in [0.1, 0.15) is 5.75 Å². The van der Waals surface area contributed by atoms with Crippen molar-refractivity contribution in [3.63, 3.8) is 0 Å². The number of morpholine rings is 1. The summed E-state index contributed by atoms with van der Waals surface area (Å²) in [5.41, 5.74) is 0.593. The van der Waals surface area contributed by atoms with Gasteiger partial charge in [-0.1, -0.05) is 11.2 Å². The Hall–Kier alpha value is -2.41. The fourth-order valence-electron chi connectivity index (χ4n) is 2.77. The van der Waals surface area contributed by atoms with Gasteiger partial charge in [0.05, 0.1) is 19.3 Å². The van der Waals surface area contributed by atoms with Crippen molar-refractivity contribution in [1.29, 1.82) is 0 Å². The molecule has 1 aromatic heterocycles. The van der Waals surface area contributed by atoms with E-state index in [1.807, 2.05) is 26.0 Å². The average molecular weight is 331 g/mol. The molecule has 3 rings (SSSR count). The van der Waals surface area contributed by atoms with Gasteiger partial charge in [-0.15, -0.1) is 0 Å². The van der Waals surface area contributed by atoms with Gasteiger partial charge in [0.2, 0.25) is 0 Å². The van der Waals surface area contributed by atoms with Crippen molar-refractivity contribution in [3.05, 3.63) is 41.5 Å². The van der Waals surface area contributed by atoms with Crippen LogP contribution in [0.25, 0.3) is 0 Å². The minimum Gasteiger partial charge on any atom is -0.494 e. The maximum Gasteiger partial charge on any atom is 0.257 e. The molecule has 0 radical (unpaired) electrons. The molecule has 2 heterocycles. The second-order valence-electron chi connectivity index (χ2n) is 5.79. The topological polar surface area (TPSA) is 77.7 Å². The van der Waals surface area contributed by atoms with Crippen LogP contribution in [0.1, 0.15) is 42.0 Å². The average Bonchev–Trinajstić information content (AvgIpc) is 3.01. The molecule has 1 aliphatic rings. The van der Waals surface area contributed by atoms with Crippen LogP contribution in [0.15, 0.2) is 28.8 Å². The Kier molecular flexibility index (Phi) is 4.80. The Labute approximate surface area is 140 Å². The van der Waals surface area contributed by atoms with E-state index in [1.54, 1.807) is 24.0 Å². The molecule has 0 bridgehead atoms. The number of amides is 1. The van der Waals surface area contributed by atoms with Crippen molar-refractivity contribution in [2.75, 3.05) is 19.7 Å². The van der Waals surface area contributed by atoms with Crippen LogP contribution in [0.4, 0.5) is 0 Å². The Morgan fingerprint density at radius 2 is 2.25 bits per heavy atom. The molecule has 7 heteroatoms. The summed E-state index contributed by atoms with van der Waals surface area (Å²) in [6, 6.07) is 7.21. The van der Waals surface area contributed by atoms with Gasteiger partial charge in [-0.05, 0) is 39.0 Å². The summed E-state index contributed by atoms with van der Waals surface area (Å²) in [5.74, 6) is 1.58. The lowest BCUT2D eigenvalue weighted by Crippen LogP contribution is -2.46. The van der Waals surface area contributed by atoms with Crippen molar-refractivity contribution < 1.29 is 18.8 Å². The standard InChI is InChI=1S/C17H21N3O4/c1-4-22-14-7-5-6-13(8-14)17(21)20-9-11(2)23-15(10-20)16-18-12(3)19-24-16/h5-8,11,15H,4,9-10H2,1-3H3/t11-,15-/m0/s1. The van der Waals surface area contributed by atoms with E-state index in [1.165, 1.54) is 0 Å². The molecule has 1 saturated heterocycles. The van der Waals surface area contributed by atoms with E-state index in [0.29, 0.717) is 42.7 Å². The molecule has 1 aliphatic heterocycles. The van der Waals surface area contributed by atoms with Gasteiger partial charge in [-0.2, -0.15) is 4.98 Å². The number of aromatic nitrogens is 2. The maximum atomic E-state index is 12.8. The molecule has 1 aromatic carbocycles. The van der Waals surface area contributed by atoms with Crippen LogP contribution in [0, 0.1) is 6.92 Å². The minimum absolute atomic E-state index is 0.0621. The summed E-state index contributed by atoms with van der Waals surface area (Å²) in [4.78, 5) is 18.8. The van der Waals surface area contributed by atoms with E-state index in [2.05, 4.69) is 10.1 Å². The molecule has 24 heavy (non-hydrogen) atoms. The Morgan fingerprint density at radius 3 is 2.96 bits per heavy atom. The van der Waals surface area contributed by atoms with Crippen LogP contribution in [0.3, 0.4) is 0 Å². The summed E-state index contributed by atoms with van der Waals surface area (Å²) in [5, 5.41) is 3.79. The summed E-state index contributed by atoms with van der Waals surface area (Å²) >= 11 is 0. The smallest absolute Gasteiger partial charge is 0.257 e. The Morgan fingerprint density at radius 1 is 1.42 bits per heavy atom. The first-order valence-corrected chi connectivity index (χ1v) is 8.04. The lowest BCUT2D eigenvalue weighted by atomic mass is 10.1. The van der Waals surface area contributed by atoms with Gasteiger partial charge < -0.3 is 18.9 Å². The van der Waals surface area contributed by atoms with Gasteiger partial charge in [0.15, 0.2) is 11.9 Å². The summed E-state index contributed by atoms with van der Waals surface area (Å²) < 4.78 is 16.5. The Bertz CT molecular complexity index is 715. The lowest BCUT2D eigenvalue weighted by molar-refractivity contribution is -0.0810. The van der Waals surface area contributed by atoms with Gasteiger partial charge in [0, 0.05) is 12.1 Å². The third-order valence-corrected chi connectivity index (χ3v) is 3.76. The quantitative estimate of drug-likeness (QED) is 0.856. The zero-order chi connectivity index (χ0) is 17.1. The number of benzene rings is 1. The number of hydrogen-bond donors (Lipinski definition) is 0. The van der Waals surface area contributed by atoms with Crippen molar-refractivity contribution in [3.8, 4) is 5.75 Å². The normalized spacial score (nSPS) is 20.9. The molecule has 2 atom stereocenters. The van der Waals surface area contributed by atoms with Crippen LogP contribution in [0.2, 0.25) is 0 Å². The number of nitrogens with zero attached hydrogens (tertiary/aromatic N) is 3. The minimum atomic E-state index is -0.408. The van der Waals surface area contributed by atoms with Gasteiger partial charge in [-0.25, -0.2) is 0 Å². The zero-order valence-electron chi connectivity index (χ0n) is 14.1. The zero-order valence-corrected chi connectivity index (χ0v) is 14.1. The summed E-state index contributed by atoms with van der Waals surface area (Å²) in [7, 11) is 0. The van der Waals surface area contributed by atoms with E-state index in [9.17, 15) is 4.79 Å². The number of hydrogen-bond acceptors (Lipinski definition) is 6. The fourth-order valence-corrected chi connectivity index (χ4v) is 2.77. The molecule has 128 valence electrons. The molecule has 1 fully saturated rings. The second-order valence-corrected chi connectivity index (χ2v) is 5.79. The molecule has 7 nitrogen and oxygen atoms in total. The predicted octanol–water partition coefficient (Wildman–Crippen LogP) is 2.38. The summed E-state index contributed by atoms with van der Waals surface area (Å²) in [6.45, 7) is 7.04.